The molecule has 0 aliphatic heterocycles. The van der Waals surface area contributed by atoms with Crippen LogP contribution < -0.4 is 5.32 Å². The maximum atomic E-state index is 5.07. The average Bonchev–Trinajstić information content (AvgIpc) is 2.17. The van der Waals surface area contributed by atoms with Gasteiger partial charge in [0.05, 0.1) is 6.61 Å². The highest BCUT2D eigenvalue weighted by molar-refractivity contribution is 5.35. The van der Waals surface area contributed by atoms with Gasteiger partial charge in [-0.25, -0.2) is 9.97 Å². The Balaban J connectivity index is 2.90. The molecule has 14 heavy (non-hydrogen) atoms. The molecule has 0 fully saturated rings. The van der Waals surface area contributed by atoms with Gasteiger partial charge in [-0.1, -0.05) is 6.92 Å². The van der Waals surface area contributed by atoms with Gasteiger partial charge in [0.25, 0.3) is 0 Å². The standard InChI is InChI=1S/C10H17N3O/c1-7(6-14-4)10-12-8(2)5-9(11-3)13-10/h5,7H,6H2,1-4H3,(H,11,12,13). The monoisotopic (exact) mass is 195 g/mol. The van der Waals surface area contributed by atoms with Gasteiger partial charge in [-0.2, -0.15) is 0 Å². The molecule has 0 saturated heterocycles. The molecule has 1 heterocycles. The Morgan fingerprint density at radius 1 is 1.50 bits per heavy atom. The van der Waals surface area contributed by atoms with Crippen LogP contribution in [0.3, 0.4) is 0 Å². The van der Waals surface area contributed by atoms with Crippen LogP contribution in [0.4, 0.5) is 5.82 Å². The Bertz CT molecular complexity index is 301. The quantitative estimate of drug-likeness (QED) is 0.792. The van der Waals surface area contributed by atoms with E-state index in [1.807, 2.05) is 20.0 Å². The van der Waals surface area contributed by atoms with Gasteiger partial charge < -0.3 is 10.1 Å². The Morgan fingerprint density at radius 3 is 2.79 bits per heavy atom. The van der Waals surface area contributed by atoms with Crippen molar-refractivity contribution >= 4 is 5.82 Å². The molecule has 0 aliphatic carbocycles. The van der Waals surface area contributed by atoms with E-state index in [1.54, 1.807) is 7.11 Å². The number of anilines is 1. The molecule has 1 N–H and O–H groups in total. The number of nitrogens with zero attached hydrogens (tertiary/aromatic N) is 2. The molecule has 0 aromatic carbocycles. The third-order valence-corrected chi connectivity index (χ3v) is 1.99. The van der Waals surface area contributed by atoms with Crippen molar-refractivity contribution in [2.24, 2.45) is 0 Å². The number of hydrogen-bond donors (Lipinski definition) is 1. The second-order valence-electron chi connectivity index (χ2n) is 3.36. The average molecular weight is 195 g/mol. The van der Waals surface area contributed by atoms with Gasteiger partial charge in [0.1, 0.15) is 11.6 Å². The van der Waals surface area contributed by atoms with E-state index in [0.29, 0.717) is 6.61 Å². The normalized spacial score (nSPS) is 12.6. The SMILES string of the molecule is CNc1cc(C)nc(C(C)COC)n1. The Morgan fingerprint density at radius 2 is 2.21 bits per heavy atom. The highest BCUT2D eigenvalue weighted by Gasteiger charge is 2.09. The highest BCUT2D eigenvalue weighted by Crippen LogP contribution is 2.14. The molecule has 0 saturated carbocycles. The van der Waals surface area contributed by atoms with Crippen LogP contribution in [-0.2, 0) is 4.74 Å². The molecule has 1 atom stereocenters. The van der Waals surface area contributed by atoms with Crippen LogP contribution in [0.5, 0.6) is 0 Å². The second kappa shape index (κ2) is 4.91. The molecule has 78 valence electrons. The highest BCUT2D eigenvalue weighted by atomic mass is 16.5. The summed E-state index contributed by atoms with van der Waals surface area (Å²) in [6.45, 7) is 4.66. The van der Waals surface area contributed by atoms with Crippen LogP contribution in [0.2, 0.25) is 0 Å². The van der Waals surface area contributed by atoms with Crippen LogP contribution in [-0.4, -0.2) is 30.7 Å². The van der Waals surface area contributed by atoms with Gasteiger partial charge >= 0.3 is 0 Å². The largest absolute Gasteiger partial charge is 0.384 e. The Labute approximate surface area is 84.7 Å². The number of nitrogens with one attached hydrogen (secondary N) is 1. The summed E-state index contributed by atoms with van der Waals surface area (Å²) in [6.07, 6.45) is 0. The fourth-order valence-electron chi connectivity index (χ4n) is 1.26. The number of methoxy groups -OCH3 is 1. The van der Waals surface area contributed by atoms with Crippen molar-refractivity contribution in [3.05, 3.63) is 17.6 Å². The first-order valence-corrected chi connectivity index (χ1v) is 4.69. The van der Waals surface area contributed by atoms with E-state index in [0.717, 1.165) is 17.3 Å². The molecule has 4 nitrogen and oxygen atoms in total. The van der Waals surface area contributed by atoms with Gasteiger partial charge in [-0.15, -0.1) is 0 Å². The zero-order valence-electron chi connectivity index (χ0n) is 9.16. The summed E-state index contributed by atoms with van der Waals surface area (Å²) >= 11 is 0. The minimum Gasteiger partial charge on any atom is -0.384 e. The molecule has 0 amide bonds. The van der Waals surface area contributed by atoms with E-state index in [2.05, 4.69) is 22.2 Å². The van der Waals surface area contributed by atoms with Gasteiger partial charge in [0.2, 0.25) is 0 Å². The van der Waals surface area contributed by atoms with Crippen molar-refractivity contribution in [1.82, 2.24) is 9.97 Å². The summed E-state index contributed by atoms with van der Waals surface area (Å²) in [5, 5.41) is 3.01. The van der Waals surface area contributed by atoms with Crippen molar-refractivity contribution < 1.29 is 4.74 Å². The first kappa shape index (κ1) is 10.9. The number of aryl methyl sites for hydroxylation is 1. The minimum absolute atomic E-state index is 0.229. The number of hydrogen-bond acceptors (Lipinski definition) is 4. The summed E-state index contributed by atoms with van der Waals surface area (Å²) in [5.74, 6) is 1.92. The Hall–Kier alpha value is -1.16. The van der Waals surface area contributed by atoms with E-state index in [1.165, 1.54) is 0 Å². The van der Waals surface area contributed by atoms with Gasteiger partial charge in [0, 0.05) is 31.8 Å². The molecular formula is C10H17N3O. The number of ether oxygens (including phenoxy) is 1. The molecule has 0 bridgehead atoms. The molecule has 1 aromatic rings. The van der Waals surface area contributed by atoms with E-state index >= 15 is 0 Å². The fraction of sp³-hybridized carbons (Fsp3) is 0.600. The zero-order valence-corrected chi connectivity index (χ0v) is 9.16. The van der Waals surface area contributed by atoms with Crippen molar-refractivity contribution in [2.75, 3.05) is 26.1 Å². The summed E-state index contributed by atoms with van der Waals surface area (Å²) < 4.78 is 5.07. The lowest BCUT2D eigenvalue weighted by Crippen LogP contribution is -2.09. The summed E-state index contributed by atoms with van der Waals surface area (Å²) in [6, 6.07) is 1.92. The van der Waals surface area contributed by atoms with Crippen molar-refractivity contribution in [2.45, 2.75) is 19.8 Å². The van der Waals surface area contributed by atoms with E-state index in [9.17, 15) is 0 Å². The zero-order chi connectivity index (χ0) is 10.6. The van der Waals surface area contributed by atoms with Crippen molar-refractivity contribution in [3.8, 4) is 0 Å². The smallest absolute Gasteiger partial charge is 0.136 e. The van der Waals surface area contributed by atoms with E-state index in [-0.39, 0.29) is 5.92 Å². The lowest BCUT2D eigenvalue weighted by molar-refractivity contribution is 0.181. The fourth-order valence-corrected chi connectivity index (χ4v) is 1.26. The molecule has 0 radical (unpaired) electrons. The van der Waals surface area contributed by atoms with Crippen molar-refractivity contribution in [1.29, 1.82) is 0 Å². The lowest BCUT2D eigenvalue weighted by atomic mass is 10.2. The van der Waals surface area contributed by atoms with Gasteiger partial charge in [-0.3, -0.25) is 0 Å². The first-order valence-electron chi connectivity index (χ1n) is 4.69. The molecule has 0 spiro atoms. The molecular weight excluding hydrogens is 178 g/mol. The molecule has 4 heteroatoms. The molecule has 0 aliphatic rings. The van der Waals surface area contributed by atoms with Crippen LogP contribution in [0.15, 0.2) is 6.07 Å². The molecule has 1 unspecified atom stereocenters. The van der Waals surface area contributed by atoms with Crippen molar-refractivity contribution in [3.63, 3.8) is 0 Å². The van der Waals surface area contributed by atoms with Gasteiger partial charge in [0.15, 0.2) is 0 Å². The van der Waals surface area contributed by atoms with Crippen LogP contribution in [0.1, 0.15) is 24.4 Å². The topological polar surface area (TPSA) is 47.0 Å². The predicted molar refractivity (Wildman–Crippen MR) is 56.6 cm³/mol. The maximum absolute atomic E-state index is 5.07. The predicted octanol–water partition coefficient (Wildman–Crippen LogP) is 1.58. The first-order chi connectivity index (χ1) is 6.67. The number of aromatic nitrogens is 2. The number of rotatable bonds is 4. The van der Waals surface area contributed by atoms with E-state index in [4.69, 9.17) is 4.74 Å². The van der Waals surface area contributed by atoms with Gasteiger partial charge in [-0.05, 0) is 6.92 Å². The summed E-state index contributed by atoms with van der Waals surface area (Å²) in [5.41, 5.74) is 0.974. The van der Waals surface area contributed by atoms with E-state index < -0.39 is 0 Å². The van der Waals surface area contributed by atoms with Crippen LogP contribution >= 0.6 is 0 Å². The van der Waals surface area contributed by atoms with Crippen LogP contribution in [0.25, 0.3) is 0 Å². The molecule has 1 rings (SSSR count). The summed E-state index contributed by atoms with van der Waals surface area (Å²) in [4.78, 5) is 8.74. The Kier molecular flexibility index (Phi) is 3.83. The second-order valence-corrected chi connectivity index (χ2v) is 3.36. The minimum atomic E-state index is 0.229. The summed E-state index contributed by atoms with van der Waals surface area (Å²) in [7, 11) is 3.54. The van der Waals surface area contributed by atoms with Crippen LogP contribution in [0, 0.1) is 6.92 Å². The third-order valence-electron chi connectivity index (χ3n) is 1.99. The lowest BCUT2D eigenvalue weighted by Gasteiger charge is -2.10. The third kappa shape index (κ3) is 2.67. The molecule has 1 aromatic heterocycles. The maximum Gasteiger partial charge on any atom is 0.136 e.